The minimum absolute atomic E-state index is 0.172. The number of aryl methyl sites for hydroxylation is 1. The summed E-state index contributed by atoms with van der Waals surface area (Å²) in [6, 6.07) is 3.19. The van der Waals surface area contributed by atoms with Gasteiger partial charge in [-0.15, -0.1) is 11.6 Å². The van der Waals surface area contributed by atoms with Crippen LogP contribution in [0.3, 0.4) is 0 Å². The lowest BCUT2D eigenvalue weighted by Gasteiger charge is -1.98. The smallest absolute Gasteiger partial charge is 0.292 e. The third-order valence-electron chi connectivity index (χ3n) is 2.14. The van der Waals surface area contributed by atoms with Crippen LogP contribution in [0, 0.1) is 0 Å². The zero-order valence-corrected chi connectivity index (χ0v) is 9.82. The third kappa shape index (κ3) is 2.47. The molecule has 0 aliphatic heterocycles. The quantitative estimate of drug-likeness (QED) is 0.847. The van der Waals surface area contributed by atoms with E-state index in [1.165, 1.54) is 0 Å². The normalized spacial score (nSPS) is 10.5. The Hall–Kier alpha value is -1.82. The summed E-state index contributed by atoms with van der Waals surface area (Å²) in [4.78, 5) is 11.8. The predicted molar refractivity (Wildman–Crippen MR) is 59.9 cm³/mol. The predicted octanol–water partition coefficient (Wildman–Crippen LogP) is 2.22. The monoisotopic (exact) mass is 255 g/mol. The van der Waals surface area contributed by atoms with Gasteiger partial charge in [-0.3, -0.25) is 10.1 Å². The van der Waals surface area contributed by atoms with Gasteiger partial charge in [-0.25, -0.2) is 4.63 Å². The van der Waals surface area contributed by atoms with Crippen molar-refractivity contribution < 1.29 is 13.8 Å². The Bertz CT molecular complexity index is 520. The summed E-state index contributed by atoms with van der Waals surface area (Å²) >= 11 is 5.57. The van der Waals surface area contributed by atoms with Gasteiger partial charge in [0.15, 0.2) is 5.76 Å². The molecular weight excluding hydrogens is 246 g/mol. The lowest BCUT2D eigenvalue weighted by molar-refractivity contribution is 0.0994. The lowest BCUT2D eigenvalue weighted by Crippen LogP contribution is -2.12. The molecule has 0 aromatic carbocycles. The molecule has 1 amide bonds. The fraction of sp³-hybridized carbons (Fsp3) is 0.300. The van der Waals surface area contributed by atoms with Crippen LogP contribution in [-0.2, 0) is 12.3 Å². The number of carbonyl (C=O) groups excluding carboxylic acids is 1. The second-order valence-corrected chi connectivity index (χ2v) is 3.53. The van der Waals surface area contributed by atoms with E-state index in [2.05, 4.69) is 20.3 Å². The number of anilines is 1. The van der Waals surface area contributed by atoms with Crippen LogP contribution in [0.15, 0.2) is 21.2 Å². The van der Waals surface area contributed by atoms with Crippen LogP contribution >= 0.6 is 11.6 Å². The number of hydrogen-bond donors (Lipinski definition) is 1. The largest absolute Gasteiger partial charge is 0.455 e. The lowest BCUT2D eigenvalue weighted by atomic mass is 10.3. The molecule has 0 unspecified atom stereocenters. The van der Waals surface area contributed by atoms with Crippen molar-refractivity contribution in [1.82, 2.24) is 10.3 Å². The van der Waals surface area contributed by atoms with Crippen molar-refractivity contribution in [3.05, 3.63) is 29.3 Å². The first kappa shape index (κ1) is 11.7. The van der Waals surface area contributed by atoms with E-state index in [1.54, 1.807) is 12.1 Å². The molecule has 1 N–H and O–H groups in total. The van der Waals surface area contributed by atoms with Crippen LogP contribution < -0.4 is 5.32 Å². The summed E-state index contributed by atoms with van der Waals surface area (Å²) < 4.78 is 9.73. The maximum Gasteiger partial charge on any atom is 0.292 e. The number of alkyl halides is 1. The molecule has 0 fully saturated rings. The van der Waals surface area contributed by atoms with Gasteiger partial charge in [0, 0.05) is 0 Å². The Morgan fingerprint density at radius 1 is 1.47 bits per heavy atom. The topological polar surface area (TPSA) is 81.2 Å². The molecule has 0 aliphatic rings. The van der Waals surface area contributed by atoms with Crippen molar-refractivity contribution in [2.24, 2.45) is 0 Å². The molecule has 0 spiro atoms. The highest BCUT2D eigenvalue weighted by Gasteiger charge is 2.15. The highest BCUT2D eigenvalue weighted by molar-refractivity contribution is 6.16. The molecule has 17 heavy (non-hydrogen) atoms. The average molecular weight is 256 g/mol. The van der Waals surface area contributed by atoms with Crippen molar-refractivity contribution in [2.45, 2.75) is 19.2 Å². The second-order valence-electron chi connectivity index (χ2n) is 3.27. The number of furan rings is 1. The van der Waals surface area contributed by atoms with E-state index < -0.39 is 5.91 Å². The summed E-state index contributed by atoms with van der Waals surface area (Å²) in [5, 5.41) is 9.80. The molecule has 2 rings (SSSR count). The third-order valence-corrected chi connectivity index (χ3v) is 2.40. The summed E-state index contributed by atoms with van der Waals surface area (Å²) in [7, 11) is 0. The molecule has 7 heteroatoms. The van der Waals surface area contributed by atoms with Gasteiger partial charge in [0.25, 0.3) is 5.91 Å². The van der Waals surface area contributed by atoms with Crippen molar-refractivity contribution in [3.8, 4) is 0 Å². The van der Waals surface area contributed by atoms with E-state index in [4.69, 9.17) is 16.0 Å². The van der Waals surface area contributed by atoms with Gasteiger partial charge in [0.1, 0.15) is 11.5 Å². The molecule has 0 bridgehead atoms. The van der Waals surface area contributed by atoms with Gasteiger partial charge in [0.05, 0.1) is 5.88 Å². The zero-order valence-electron chi connectivity index (χ0n) is 9.07. The van der Waals surface area contributed by atoms with E-state index in [9.17, 15) is 4.79 Å². The Morgan fingerprint density at radius 3 is 2.94 bits per heavy atom. The summed E-state index contributed by atoms with van der Waals surface area (Å²) in [5.41, 5.74) is 0.586. The van der Waals surface area contributed by atoms with Crippen LogP contribution in [0.1, 0.15) is 28.9 Å². The van der Waals surface area contributed by atoms with Crippen molar-refractivity contribution in [2.75, 3.05) is 5.32 Å². The van der Waals surface area contributed by atoms with Gasteiger partial charge in [0.2, 0.25) is 5.82 Å². The molecule has 0 aliphatic carbocycles. The van der Waals surface area contributed by atoms with Gasteiger partial charge in [-0.2, -0.15) is 0 Å². The molecule has 0 atom stereocenters. The highest BCUT2D eigenvalue weighted by atomic mass is 35.5. The van der Waals surface area contributed by atoms with Gasteiger partial charge < -0.3 is 4.42 Å². The van der Waals surface area contributed by atoms with E-state index in [-0.39, 0.29) is 11.6 Å². The molecule has 2 heterocycles. The molecule has 6 nitrogen and oxygen atoms in total. The number of halogens is 1. The molecular formula is C10H10ClN3O3. The van der Waals surface area contributed by atoms with Crippen LogP contribution in [0.4, 0.5) is 5.82 Å². The highest BCUT2D eigenvalue weighted by Crippen LogP contribution is 2.14. The first-order valence-corrected chi connectivity index (χ1v) is 5.55. The molecule has 0 saturated heterocycles. The molecule has 2 aromatic heterocycles. The number of nitrogens with zero attached hydrogens (tertiary/aromatic N) is 2. The number of hydrogen-bond acceptors (Lipinski definition) is 5. The Morgan fingerprint density at radius 2 is 2.29 bits per heavy atom. The van der Waals surface area contributed by atoms with Crippen molar-refractivity contribution >= 4 is 23.3 Å². The van der Waals surface area contributed by atoms with Crippen LogP contribution in [0.5, 0.6) is 0 Å². The van der Waals surface area contributed by atoms with Crippen molar-refractivity contribution in [1.29, 1.82) is 0 Å². The maximum atomic E-state index is 11.8. The minimum atomic E-state index is -0.410. The van der Waals surface area contributed by atoms with Crippen LogP contribution in [0.25, 0.3) is 0 Å². The summed E-state index contributed by atoms with van der Waals surface area (Å²) in [5.74, 6) is 0.823. The van der Waals surface area contributed by atoms with Crippen LogP contribution in [-0.4, -0.2) is 16.2 Å². The average Bonchev–Trinajstić information content (AvgIpc) is 2.96. The van der Waals surface area contributed by atoms with Gasteiger partial charge >= 0.3 is 0 Å². The molecule has 0 radical (unpaired) electrons. The van der Waals surface area contributed by atoms with Crippen LogP contribution in [0.2, 0.25) is 0 Å². The minimum Gasteiger partial charge on any atom is -0.455 e. The van der Waals surface area contributed by atoms with Gasteiger partial charge in [-0.1, -0.05) is 12.1 Å². The fourth-order valence-corrected chi connectivity index (χ4v) is 1.42. The first-order chi connectivity index (χ1) is 8.24. The number of nitrogens with one attached hydrogen (secondary N) is 1. The number of amides is 1. The van der Waals surface area contributed by atoms with E-state index in [1.807, 2.05) is 6.92 Å². The summed E-state index contributed by atoms with van der Waals surface area (Å²) in [6.45, 7) is 1.88. The number of rotatable bonds is 4. The van der Waals surface area contributed by atoms with Gasteiger partial charge in [-0.05, 0) is 23.7 Å². The SMILES string of the molecule is CCc1nonc1NC(=O)c1ccc(CCl)o1. The fourth-order valence-electron chi connectivity index (χ4n) is 1.27. The second kappa shape index (κ2) is 5.01. The Kier molecular flexibility index (Phi) is 3.43. The summed E-state index contributed by atoms with van der Waals surface area (Å²) in [6.07, 6.45) is 0.615. The maximum absolute atomic E-state index is 11.8. The van der Waals surface area contributed by atoms with Crippen molar-refractivity contribution in [3.63, 3.8) is 0 Å². The molecule has 2 aromatic rings. The standard InChI is InChI=1S/C10H10ClN3O3/c1-2-7-9(14-17-13-7)12-10(15)8-4-3-6(5-11)16-8/h3-4H,2,5H2,1H3,(H,12,14,15). The molecule has 90 valence electrons. The molecule has 0 saturated carbocycles. The van der Waals surface area contributed by atoms with E-state index >= 15 is 0 Å². The Labute approximate surface area is 102 Å². The van der Waals surface area contributed by atoms with E-state index in [0.717, 1.165) is 0 Å². The zero-order chi connectivity index (χ0) is 12.3. The van der Waals surface area contributed by atoms with E-state index in [0.29, 0.717) is 23.7 Å². The first-order valence-electron chi connectivity index (χ1n) is 5.02. The number of carbonyl (C=O) groups is 1. The number of aromatic nitrogens is 2. The Balaban J connectivity index is 2.11.